The number of imidazole rings is 1. The third-order valence-electron chi connectivity index (χ3n) is 5.46. The van der Waals surface area contributed by atoms with Crippen LogP contribution in [0, 0.1) is 6.92 Å². The molecule has 2 N–H and O–H groups in total. The Labute approximate surface area is 138 Å². The minimum absolute atomic E-state index is 0.00829. The van der Waals surface area contributed by atoms with Gasteiger partial charge in [-0.05, 0) is 43.9 Å². The largest absolute Gasteiger partial charge is 0.353 e. The lowest BCUT2D eigenvalue weighted by molar-refractivity contribution is 0.795. The molecule has 122 valence electrons. The van der Waals surface area contributed by atoms with Crippen molar-refractivity contribution in [2.75, 3.05) is 0 Å². The van der Waals surface area contributed by atoms with Crippen molar-refractivity contribution < 1.29 is 0 Å². The van der Waals surface area contributed by atoms with Crippen molar-refractivity contribution in [3.05, 3.63) is 39.4 Å². The van der Waals surface area contributed by atoms with E-state index in [9.17, 15) is 4.79 Å². The number of hydrogen-bond donors (Lipinski definition) is 2. The molecule has 1 aliphatic rings. The van der Waals surface area contributed by atoms with Crippen molar-refractivity contribution in [1.29, 1.82) is 0 Å². The SMILES string of the molecule is Cc1[nH]nc2c1CCCc1c-2[nH]c2cc3c(cc12)n(C)c(=O)n3C. The summed E-state index contributed by atoms with van der Waals surface area (Å²) in [7, 11) is 3.65. The van der Waals surface area contributed by atoms with Crippen molar-refractivity contribution in [3.63, 3.8) is 0 Å². The topological polar surface area (TPSA) is 71.4 Å². The molecule has 0 saturated carbocycles. The van der Waals surface area contributed by atoms with E-state index in [1.54, 1.807) is 9.13 Å². The van der Waals surface area contributed by atoms with Crippen LogP contribution in [0.15, 0.2) is 16.9 Å². The molecule has 0 radical (unpaired) electrons. The summed E-state index contributed by atoms with van der Waals surface area (Å²) in [5.74, 6) is 0. The molecule has 6 nitrogen and oxygen atoms in total. The minimum atomic E-state index is 0.00829. The fourth-order valence-corrected chi connectivity index (χ4v) is 4.11. The van der Waals surface area contributed by atoms with Crippen molar-refractivity contribution in [2.24, 2.45) is 14.1 Å². The molecule has 3 heterocycles. The van der Waals surface area contributed by atoms with Gasteiger partial charge in [0.2, 0.25) is 0 Å². The number of nitrogens with zero attached hydrogens (tertiary/aromatic N) is 3. The second-order valence-electron chi connectivity index (χ2n) is 6.79. The van der Waals surface area contributed by atoms with Gasteiger partial charge in [0.05, 0.1) is 16.7 Å². The highest BCUT2D eigenvalue weighted by atomic mass is 16.1. The first kappa shape index (κ1) is 13.7. The Balaban J connectivity index is 1.90. The number of rotatable bonds is 0. The van der Waals surface area contributed by atoms with Gasteiger partial charge in [-0.15, -0.1) is 0 Å². The molecular formula is C18H19N5O. The summed E-state index contributed by atoms with van der Waals surface area (Å²) in [5.41, 5.74) is 8.96. The lowest BCUT2D eigenvalue weighted by atomic mass is 10.1. The van der Waals surface area contributed by atoms with Crippen LogP contribution in [0.4, 0.5) is 0 Å². The number of aryl methyl sites for hydroxylation is 4. The van der Waals surface area contributed by atoms with Gasteiger partial charge in [-0.3, -0.25) is 14.2 Å². The summed E-state index contributed by atoms with van der Waals surface area (Å²) in [4.78, 5) is 15.8. The van der Waals surface area contributed by atoms with E-state index in [0.717, 1.165) is 52.9 Å². The molecule has 24 heavy (non-hydrogen) atoms. The van der Waals surface area contributed by atoms with Crippen LogP contribution in [0.3, 0.4) is 0 Å². The number of benzene rings is 1. The maximum atomic E-state index is 12.2. The quantitative estimate of drug-likeness (QED) is 0.522. The zero-order valence-electron chi connectivity index (χ0n) is 14.0. The average molecular weight is 321 g/mol. The smallest absolute Gasteiger partial charge is 0.328 e. The Hall–Kier alpha value is -2.76. The molecule has 0 bridgehead atoms. The molecule has 4 aromatic rings. The van der Waals surface area contributed by atoms with Gasteiger partial charge < -0.3 is 4.98 Å². The number of nitrogens with one attached hydrogen (secondary N) is 2. The first-order chi connectivity index (χ1) is 11.6. The first-order valence-electron chi connectivity index (χ1n) is 8.30. The third-order valence-corrected chi connectivity index (χ3v) is 5.46. The molecule has 3 aromatic heterocycles. The molecule has 0 aliphatic heterocycles. The molecule has 6 heteroatoms. The fourth-order valence-electron chi connectivity index (χ4n) is 4.11. The molecule has 0 amide bonds. The standard InChI is InChI=1S/C18H19N5O/c1-9-10-5-4-6-11-12-7-14-15(23(3)18(24)22(14)2)8-13(12)19-16(11)17(10)21-20-9/h7-8,19H,4-6H2,1-3H3,(H,20,21). The molecule has 0 saturated heterocycles. The predicted molar refractivity (Wildman–Crippen MR) is 94.4 cm³/mol. The zero-order chi connectivity index (χ0) is 16.6. The average Bonchev–Trinajstić information content (AvgIpc) is 3.13. The van der Waals surface area contributed by atoms with Gasteiger partial charge in [0.1, 0.15) is 5.69 Å². The van der Waals surface area contributed by atoms with E-state index in [2.05, 4.69) is 34.2 Å². The van der Waals surface area contributed by atoms with Crippen LogP contribution in [0.25, 0.3) is 33.3 Å². The molecule has 5 rings (SSSR count). The van der Waals surface area contributed by atoms with Crippen molar-refractivity contribution in [1.82, 2.24) is 24.3 Å². The van der Waals surface area contributed by atoms with E-state index < -0.39 is 0 Å². The summed E-state index contributed by atoms with van der Waals surface area (Å²) in [5, 5.41) is 8.87. The van der Waals surface area contributed by atoms with E-state index in [1.165, 1.54) is 16.5 Å². The lowest BCUT2D eigenvalue weighted by Crippen LogP contribution is -2.19. The van der Waals surface area contributed by atoms with Crippen LogP contribution < -0.4 is 5.69 Å². The summed E-state index contributed by atoms with van der Waals surface area (Å²) in [6.07, 6.45) is 3.18. The monoisotopic (exact) mass is 321 g/mol. The summed E-state index contributed by atoms with van der Waals surface area (Å²) in [6.45, 7) is 2.09. The lowest BCUT2D eigenvalue weighted by Gasteiger charge is -2.00. The molecule has 0 spiro atoms. The van der Waals surface area contributed by atoms with E-state index in [0.29, 0.717) is 0 Å². The molecule has 1 aromatic carbocycles. The number of aromatic nitrogens is 5. The molecular weight excluding hydrogens is 302 g/mol. The Morgan fingerprint density at radius 1 is 1.08 bits per heavy atom. The molecule has 0 fully saturated rings. The third kappa shape index (κ3) is 1.55. The van der Waals surface area contributed by atoms with Gasteiger partial charge in [0.15, 0.2) is 0 Å². The van der Waals surface area contributed by atoms with Gasteiger partial charge in [-0.25, -0.2) is 4.79 Å². The summed E-state index contributed by atoms with van der Waals surface area (Å²) in [6, 6.07) is 4.23. The van der Waals surface area contributed by atoms with Gasteiger partial charge in [-0.2, -0.15) is 5.10 Å². The minimum Gasteiger partial charge on any atom is -0.353 e. The zero-order valence-corrected chi connectivity index (χ0v) is 14.0. The predicted octanol–water partition coefficient (Wildman–Crippen LogP) is 2.55. The number of hydrogen-bond acceptors (Lipinski definition) is 2. The Bertz CT molecular complexity index is 1180. The molecule has 1 aliphatic carbocycles. The normalized spacial score (nSPS) is 14.1. The first-order valence-corrected chi connectivity index (χ1v) is 8.30. The highest BCUT2D eigenvalue weighted by Gasteiger charge is 2.23. The second kappa shape index (κ2) is 4.41. The summed E-state index contributed by atoms with van der Waals surface area (Å²) < 4.78 is 3.42. The van der Waals surface area contributed by atoms with Crippen molar-refractivity contribution >= 4 is 21.9 Å². The van der Waals surface area contributed by atoms with Crippen molar-refractivity contribution in [3.8, 4) is 11.4 Å². The molecule has 0 atom stereocenters. The maximum absolute atomic E-state index is 12.2. The molecule has 0 unspecified atom stereocenters. The van der Waals surface area contributed by atoms with Crippen LogP contribution in [0.2, 0.25) is 0 Å². The number of H-pyrrole nitrogens is 2. The van der Waals surface area contributed by atoms with Crippen LogP contribution in [-0.4, -0.2) is 24.3 Å². The van der Waals surface area contributed by atoms with Crippen LogP contribution in [0.5, 0.6) is 0 Å². The van der Waals surface area contributed by atoms with Gasteiger partial charge >= 0.3 is 5.69 Å². The Morgan fingerprint density at radius 2 is 1.79 bits per heavy atom. The van der Waals surface area contributed by atoms with E-state index >= 15 is 0 Å². The number of fused-ring (bicyclic) bond motifs is 6. The van der Waals surface area contributed by atoms with Crippen LogP contribution in [0.1, 0.15) is 23.2 Å². The summed E-state index contributed by atoms with van der Waals surface area (Å²) >= 11 is 0. The highest BCUT2D eigenvalue weighted by Crippen LogP contribution is 2.37. The van der Waals surface area contributed by atoms with E-state index in [-0.39, 0.29) is 5.69 Å². The maximum Gasteiger partial charge on any atom is 0.328 e. The van der Waals surface area contributed by atoms with Gasteiger partial charge in [0.25, 0.3) is 0 Å². The van der Waals surface area contributed by atoms with Crippen molar-refractivity contribution in [2.45, 2.75) is 26.2 Å². The highest BCUT2D eigenvalue weighted by molar-refractivity contribution is 5.99. The van der Waals surface area contributed by atoms with Crippen LogP contribution in [-0.2, 0) is 26.9 Å². The van der Waals surface area contributed by atoms with Crippen LogP contribution >= 0.6 is 0 Å². The number of aromatic amines is 2. The fraction of sp³-hybridized carbons (Fsp3) is 0.333. The second-order valence-corrected chi connectivity index (χ2v) is 6.79. The Morgan fingerprint density at radius 3 is 2.58 bits per heavy atom. The van der Waals surface area contributed by atoms with Gasteiger partial charge in [0, 0.05) is 36.3 Å². The van der Waals surface area contributed by atoms with Gasteiger partial charge in [-0.1, -0.05) is 0 Å². The van der Waals surface area contributed by atoms with E-state index in [4.69, 9.17) is 0 Å². The van der Waals surface area contributed by atoms with E-state index in [1.807, 2.05) is 14.1 Å². The Kier molecular flexibility index (Phi) is 2.51.